The Bertz CT molecular complexity index is 568. The number of sulfone groups is 1. The van der Waals surface area contributed by atoms with Gasteiger partial charge >= 0.3 is 0 Å². The zero-order valence-corrected chi connectivity index (χ0v) is 12.8. The first-order valence-corrected chi connectivity index (χ1v) is 8.52. The number of amides is 1. The number of benzene rings is 1. The second-order valence-electron chi connectivity index (χ2n) is 4.94. The molecule has 112 valence electrons. The van der Waals surface area contributed by atoms with Gasteiger partial charge < -0.3 is 11.1 Å². The van der Waals surface area contributed by atoms with Gasteiger partial charge in [0.2, 0.25) is 5.91 Å². The molecular formula is C14H22N2O3S. The molecule has 3 N–H and O–H groups in total. The lowest BCUT2D eigenvalue weighted by Gasteiger charge is -2.09. The molecule has 0 saturated carbocycles. The summed E-state index contributed by atoms with van der Waals surface area (Å²) in [6, 6.07) is 5.21. The Kier molecular flexibility index (Phi) is 6.01. The first-order valence-electron chi connectivity index (χ1n) is 6.70. The van der Waals surface area contributed by atoms with Crippen LogP contribution in [0.5, 0.6) is 0 Å². The quantitative estimate of drug-likeness (QED) is 0.596. The molecule has 0 aliphatic rings. The number of rotatable bonds is 7. The maximum atomic E-state index is 11.8. The fourth-order valence-corrected chi connectivity index (χ4v) is 3.09. The molecular weight excluding hydrogens is 276 g/mol. The van der Waals surface area contributed by atoms with Crippen molar-refractivity contribution in [3.8, 4) is 0 Å². The average Bonchev–Trinajstić information content (AvgIpc) is 2.32. The second-order valence-corrected chi connectivity index (χ2v) is 7.12. The summed E-state index contributed by atoms with van der Waals surface area (Å²) < 4.78 is 23.5. The Hall–Kier alpha value is -1.56. The van der Waals surface area contributed by atoms with Crippen molar-refractivity contribution < 1.29 is 13.2 Å². The third-order valence-electron chi connectivity index (χ3n) is 2.89. The van der Waals surface area contributed by atoms with Crippen LogP contribution in [0.1, 0.15) is 31.7 Å². The number of hydrogen-bond donors (Lipinski definition) is 2. The molecule has 1 aromatic rings. The van der Waals surface area contributed by atoms with Crippen molar-refractivity contribution in [2.75, 3.05) is 22.6 Å². The fourth-order valence-electron chi connectivity index (χ4n) is 1.83. The molecule has 1 aromatic carbocycles. The van der Waals surface area contributed by atoms with Crippen LogP contribution in [0.15, 0.2) is 18.2 Å². The Labute approximate surface area is 120 Å². The van der Waals surface area contributed by atoms with Gasteiger partial charge in [0.05, 0.1) is 17.1 Å². The summed E-state index contributed by atoms with van der Waals surface area (Å²) in [4.78, 5) is 11.8. The molecule has 0 radical (unpaired) electrons. The minimum atomic E-state index is -3.35. The maximum absolute atomic E-state index is 11.8. The monoisotopic (exact) mass is 298 g/mol. The standard InChI is InChI=1S/C14H22N2O3S/c1-3-4-5-8-20(18,19)10-14(17)16-13-7-6-11(2)9-12(13)15/h6-7,9H,3-5,8,10,15H2,1-2H3,(H,16,17). The van der Waals surface area contributed by atoms with Crippen LogP contribution in [0.25, 0.3) is 0 Å². The van der Waals surface area contributed by atoms with Crippen molar-refractivity contribution in [2.24, 2.45) is 0 Å². The highest BCUT2D eigenvalue weighted by Crippen LogP contribution is 2.19. The largest absolute Gasteiger partial charge is 0.397 e. The number of nitrogen functional groups attached to an aromatic ring is 1. The summed E-state index contributed by atoms with van der Waals surface area (Å²) in [6.07, 6.45) is 2.39. The molecule has 6 heteroatoms. The maximum Gasteiger partial charge on any atom is 0.239 e. The van der Waals surface area contributed by atoms with Crippen LogP contribution in [-0.2, 0) is 14.6 Å². The zero-order chi connectivity index (χ0) is 15.2. The topological polar surface area (TPSA) is 89.3 Å². The Morgan fingerprint density at radius 2 is 2.00 bits per heavy atom. The van der Waals surface area contributed by atoms with Crippen molar-refractivity contribution in [1.82, 2.24) is 0 Å². The third-order valence-corrected chi connectivity index (χ3v) is 4.50. The van der Waals surface area contributed by atoms with E-state index in [2.05, 4.69) is 5.32 Å². The first-order chi connectivity index (χ1) is 9.34. The number of carbonyl (C=O) groups is 1. The molecule has 0 heterocycles. The second kappa shape index (κ2) is 7.28. The van der Waals surface area contributed by atoms with Gasteiger partial charge in [-0.15, -0.1) is 0 Å². The summed E-state index contributed by atoms with van der Waals surface area (Å²) in [5, 5.41) is 2.54. The Morgan fingerprint density at radius 1 is 1.30 bits per heavy atom. The summed E-state index contributed by atoms with van der Waals surface area (Å²) in [5.74, 6) is -0.987. The number of unbranched alkanes of at least 4 members (excludes halogenated alkanes) is 2. The average molecular weight is 298 g/mol. The van der Waals surface area contributed by atoms with Crippen LogP contribution in [0, 0.1) is 6.92 Å². The molecule has 0 aromatic heterocycles. The molecule has 0 saturated heterocycles. The van der Waals surface area contributed by atoms with E-state index in [-0.39, 0.29) is 5.75 Å². The molecule has 1 amide bonds. The van der Waals surface area contributed by atoms with Gasteiger partial charge in [-0.25, -0.2) is 8.42 Å². The van der Waals surface area contributed by atoms with E-state index < -0.39 is 21.5 Å². The molecule has 0 aliphatic carbocycles. The van der Waals surface area contributed by atoms with Gasteiger partial charge in [-0.05, 0) is 31.0 Å². The van der Waals surface area contributed by atoms with Crippen LogP contribution in [0.3, 0.4) is 0 Å². The highest BCUT2D eigenvalue weighted by Gasteiger charge is 2.16. The van der Waals surface area contributed by atoms with Crippen molar-refractivity contribution in [3.63, 3.8) is 0 Å². The number of hydrogen-bond acceptors (Lipinski definition) is 4. The Balaban J connectivity index is 2.59. The number of carbonyl (C=O) groups excluding carboxylic acids is 1. The van der Waals surface area contributed by atoms with E-state index >= 15 is 0 Å². The summed E-state index contributed by atoms with van der Waals surface area (Å²) in [7, 11) is -3.35. The van der Waals surface area contributed by atoms with E-state index in [4.69, 9.17) is 5.73 Å². The summed E-state index contributed by atoms with van der Waals surface area (Å²) >= 11 is 0. The van der Waals surface area contributed by atoms with E-state index in [9.17, 15) is 13.2 Å². The van der Waals surface area contributed by atoms with Gasteiger partial charge in [-0.2, -0.15) is 0 Å². The molecule has 0 aliphatic heterocycles. The number of nitrogens with one attached hydrogen (secondary N) is 1. The predicted molar refractivity (Wildman–Crippen MR) is 82.4 cm³/mol. The van der Waals surface area contributed by atoms with Crippen LogP contribution < -0.4 is 11.1 Å². The highest BCUT2D eigenvalue weighted by atomic mass is 32.2. The minimum absolute atomic E-state index is 0.0532. The van der Waals surface area contributed by atoms with Crippen molar-refractivity contribution in [1.29, 1.82) is 0 Å². The smallest absolute Gasteiger partial charge is 0.239 e. The molecule has 0 atom stereocenters. The lowest BCUT2D eigenvalue weighted by atomic mass is 10.2. The summed E-state index contributed by atoms with van der Waals surface area (Å²) in [6.45, 7) is 3.89. The van der Waals surface area contributed by atoms with E-state index in [1.165, 1.54) is 0 Å². The van der Waals surface area contributed by atoms with Crippen LogP contribution in [0.2, 0.25) is 0 Å². The molecule has 0 unspecified atom stereocenters. The number of aryl methyl sites for hydroxylation is 1. The van der Waals surface area contributed by atoms with Gasteiger partial charge in [-0.3, -0.25) is 4.79 Å². The van der Waals surface area contributed by atoms with E-state index in [0.717, 1.165) is 18.4 Å². The summed E-state index contributed by atoms with van der Waals surface area (Å²) in [5.41, 5.74) is 7.63. The van der Waals surface area contributed by atoms with E-state index in [1.807, 2.05) is 19.9 Å². The van der Waals surface area contributed by atoms with E-state index in [1.54, 1.807) is 12.1 Å². The third kappa shape index (κ3) is 5.61. The predicted octanol–water partition coefficient (Wildman–Crippen LogP) is 2.12. The zero-order valence-electron chi connectivity index (χ0n) is 12.0. The van der Waals surface area contributed by atoms with Gasteiger partial charge in [0, 0.05) is 0 Å². The van der Waals surface area contributed by atoms with Gasteiger partial charge in [0.25, 0.3) is 0 Å². The highest BCUT2D eigenvalue weighted by molar-refractivity contribution is 7.92. The fraction of sp³-hybridized carbons (Fsp3) is 0.500. The van der Waals surface area contributed by atoms with Crippen LogP contribution in [-0.4, -0.2) is 25.8 Å². The lowest BCUT2D eigenvalue weighted by Crippen LogP contribution is -2.25. The molecule has 0 spiro atoms. The van der Waals surface area contributed by atoms with Gasteiger partial charge in [0.15, 0.2) is 9.84 Å². The van der Waals surface area contributed by atoms with Crippen molar-refractivity contribution in [3.05, 3.63) is 23.8 Å². The van der Waals surface area contributed by atoms with Gasteiger partial charge in [0.1, 0.15) is 5.75 Å². The molecule has 0 fully saturated rings. The molecule has 5 nitrogen and oxygen atoms in total. The molecule has 1 rings (SSSR count). The minimum Gasteiger partial charge on any atom is -0.397 e. The molecule has 20 heavy (non-hydrogen) atoms. The number of anilines is 2. The van der Waals surface area contributed by atoms with Crippen molar-refractivity contribution >= 4 is 27.1 Å². The van der Waals surface area contributed by atoms with E-state index in [0.29, 0.717) is 17.8 Å². The SMILES string of the molecule is CCCCCS(=O)(=O)CC(=O)Nc1ccc(C)cc1N. The Morgan fingerprint density at radius 3 is 2.60 bits per heavy atom. The van der Waals surface area contributed by atoms with Gasteiger partial charge in [-0.1, -0.05) is 25.8 Å². The van der Waals surface area contributed by atoms with Crippen LogP contribution >= 0.6 is 0 Å². The van der Waals surface area contributed by atoms with Crippen molar-refractivity contribution in [2.45, 2.75) is 33.1 Å². The first kappa shape index (κ1) is 16.5. The van der Waals surface area contributed by atoms with Crippen LogP contribution in [0.4, 0.5) is 11.4 Å². The molecule has 0 bridgehead atoms. The number of nitrogens with two attached hydrogens (primary N) is 1. The lowest BCUT2D eigenvalue weighted by molar-refractivity contribution is -0.113. The normalized spacial score (nSPS) is 11.3.